The summed E-state index contributed by atoms with van der Waals surface area (Å²) in [5.74, 6) is 1.04. The Labute approximate surface area is 171 Å². The van der Waals surface area contributed by atoms with Crippen molar-refractivity contribution in [2.24, 2.45) is 0 Å². The van der Waals surface area contributed by atoms with Gasteiger partial charge in [0.1, 0.15) is 11.6 Å². The maximum Gasteiger partial charge on any atom is 0.243 e. The van der Waals surface area contributed by atoms with Crippen LogP contribution in [0.2, 0.25) is 0 Å². The molecule has 0 bridgehead atoms. The standard InChI is InChI=1S/C20H26FN5O2S/c1-15-5-6-17(21)14-18(15)29(27,28)26-11-9-24(10-12-26)19-13-16(2)22-20(23-19)25-7-3-4-8-25/h5-6,13-14H,3-4,7-12H2,1-2H3. The third kappa shape index (κ3) is 4.06. The van der Waals surface area contributed by atoms with E-state index < -0.39 is 15.8 Å². The van der Waals surface area contributed by atoms with E-state index in [1.807, 2.05) is 13.0 Å². The van der Waals surface area contributed by atoms with Crippen molar-refractivity contribution < 1.29 is 12.8 Å². The van der Waals surface area contributed by atoms with Crippen LogP contribution in [-0.2, 0) is 10.0 Å². The minimum Gasteiger partial charge on any atom is -0.354 e. The molecular formula is C20H26FN5O2S. The van der Waals surface area contributed by atoms with E-state index >= 15 is 0 Å². The average Bonchev–Trinajstić information content (AvgIpc) is 3.24. The van der Waals surface area contributed by atoms with E-state index in [2.05, 4.69) is 14.8 Å². The fraction of sp³-hybridized carbons (Fsp3) is 0.500. The van der Waals surface area contributed by atoms with Crippen molar-refractivity contribution in [2.45, 2.75) is 31.6 Å². The summed E-state index contributed by atoms with van der Waals surface area (Å²) in [5, 5.41) is 0. The van der Waals surface area contributed by atoms with Gasteiger partial charge in [0.15, 0.2) is 0 Å². The lowest BCUT2D eigenvalue weighted by Crippen LogP contribution is -2.49. The molecule has 2 fully saturated rings. The van der Waals surface area contributed by atoms with Crippen LogP contribution in [0, 0.1) is 19.7 Å². The quantitative estimate of drug-likeness (QED) is 0.758. The Kier molecular flexibility index (Phi) is 5.44. The molecule has 156 valence electrons. The van der Waals surface area contributed by atoms with Crippen molar-refractivity contribution >= 4 is 21.8 Å². The highest BCUT2D eigenvalue weighted by molar-refractivity contribution is 7.89. The molecule has 4 rings (SSSR count). The van der Waals surface area contributed by atoms with E-state index in [0.717, 1.165) is 49.5 Å². The summed E-state index contributed by atoms with van der Waals surface area (Å²) in [4.78, 5) is 13.6. The van der Waals surface area contributed by atoms with Gasteiger partial charge in [-0.05, 0) is 44.4 Å². The first kappa shape index (κ1) is 20.0. The Morgan fingerprint density at radius 1 is 0.897 bits per heavy atom. The highest BCUT2D eigenvalue weighted by Gasteiger charge is 2.30. The second-order valence-corrected chi connectivity index (χ2v) is 9.57. The number of nitrogens with zero attached hydrogens (tertiary/aromatic N) is 5. The number of benzene rings is 1. The van der Waals surface area contributed by atoms with E-state index in [4.69, 9.17) is 4.98 Å². The lowest BCUT2D eigenvalue weighted by Gasteiger charge is -2.35. The number of piperazine rings is 1. The normalized spacial score (nSPS) is 18.4. The molecule has 2 aromatic rings. The van der Waals surface area contributed by atoms with Crippen LogP contribution in [0.25, 0.3) is 0 Å². The maximum absolute atomic E-state index is 13.6. The van der Waals surface area contributed by atoms with Gasteiger partial charge in [-0.3, -0.25) is 0 Å². The number of anilines is 2. The molecule has 0 amide bonds. The zero-order valence-corrected chi connectivity index (χ0v) is 17.6. The van der Waals surface area contributed by atoms with Gasteiger partial charge in [0.25, 0.3) is 0 Å². The van der Waals surface area contributed by atoms with Gasteiger partial charge in [0, 0.05) is 51.0 Å². The van der Waals surface area contributed by atoms with Crippen LogP contribution >= 0.6 is 0 Å². The van der Waals surface area contributed by atoms with Crippen LogP contribution < -0.4 is 9.80 Å². The van der Waals surface area contributed by atoms with Gasteiger partial charge in [-0.25, -0.2) is 17.8 Å². The molecule has 0 N–H and O–H groups in total. The number of sulfonamides is 1. The molecule has 0 radical (unpaired) electrons. The van der Waals surface area contributed by atoms with Gasteiger partial charge in [-0.1, -0.05) is 6.07 Å². The minimum absolute atomic E-state index is 0.0418. The highest BCUT2D eigenvalue weighted by Crippen LogP contribution is 2.25. The number of halogens is 1. The molecule has 2 aliphatic rings. The molecular weight excluding hydrogens is 393 g/mol. The van der Waals surface area contributed by atoms with Gasteiger partial charge in [0.2, 0.25) is 16.0 Å². The van der Waals surface area contributed by atoms with Crippen LogP contribution in [0.1, 0.15) is 24.1 Å². The first-order valence-corrected chi connectivity index (χ1v) is 11.4. The van der Waals surface area contributed by atoms with Crippen molar-refractivity contribution in [3.05, 3.63) is 41.3 Å². The van der Waals surface area contributed by atoms with Gasteiger partial charge in [-0.15, -0.1) is 0 Å². The summed E-state index contributed by atoms with van der Waals surface area (Å²) in [5.41, 5.74) is 1.46. The Morgan fingerprint density at radius 2 is 1.59 bits per heavy atom. The Hall–Kier alpha value is -2.26. The van der Waals surface area contributed by atoms with Crippen LogP contribution in [0.15, 0.2) is 29.2 Å². The number of hydrogen-bond acceptors (Lipinski definition) is 6. The second kappa shape index (κ2) is 7.87. The van der Waals surface area contributed by atoms with E-state index in [9.17, 15) is 12.8 Å². The molecule has 0 atom stereocenters. The lowest BCUT2D eigenvalue weighted by atomic mass is 10.2. The van der Waals surface area contributed by atoms with E-state index in [1.165, 1.54) is 16.4 Å². The number of aromatic nitrogens is 2. The Balaban J connectivity index is 1.50. The molecule has 0 aliphatic carbocycles. The number of rotatable bonds is 4. The monoisotopic (exact) mass is 419 g/mol. The molecule has 9 heteroatoms. The molecule has 1 aromatic heterocycles. The predicted molar refractivity (Wildman–Crippen MR) is 110 cm³/mol. The molecule has 0 unspecified atom stereocenters. The van der Waals surface area contributed by atoms with E-state index in [1.54, 1.807) is 6.92 Å². The first-order chi connectivity index (χ1) is 13.8. The van der Waals surface area contributed by atoms with Crippen molar-refractivity contribution in [1.29, 1.82) is 0 Å². The van der Waals surface area contributed by atoms with E-state index in [-0.39, 0.29) is 4.90 Å². The Bertz CT molecular complexity index is 1000. The average molecular weight is 420 g/mol. The maximum atomic E-state index is 13.6. The third-order valence-electron chi connectivity index (χ3n) is 5.55. The van der Waals surface area contributed by atoms with Gasteiger partial charge < -0.3 is 9.80 Å². The highest BCUT2D eigenvalue weighted by atomic mass is 32.2. The van der Waals surface area contributed by atoms with Gasteiger partial charge in [0.05, 0.1) is 4.90 Å². The molecule has 7 nitrogen and oxygen atoms in total. The molecule has 0 saturated carbocycles. The number of aryl methyl sites for hydroxylation is 2. The molecule has 0 spiro atoms. The summed E-state index contributed by atoms with van der Waals surface area (Å²) in [6.45, 7) is 7.32. The summed E-state index contributed by atoms with van der Waals surface area (Å²) in [6.07, 6.45) is 2.31. The molecule has 2 saturated heterocycles. The van der Waals surface area contributed by atoms with Gasteiger partial charge in [-0.2, -0.15) is 9.29 Å². The summed E-state index contributed by atoms with van der Waals surface area (Å²) >= 11 is 0. The summed E-state index contributed by atoms with van der Waals surface area (Å²) in [6, 6.07) is 5.83. The largest absolute Gasteiger partial charge is 0.354 e. The first-order valence-electron chi connectivity index (χ1n) is 9.96. The van der Waals surface area contributed by atoms with E-state index in [0.29, 0.717) is 31.7 Å². The van der Waals surface area contributed by atoms with Crippen LogP contribution in [0.4, 0.5) is 16.2 Å². The SMILES string of the molecule is Cc1cc(N2CCN(S(=O)(=O)c3cc(F)ccc3C)CC2)nc(N2CCCC2)n1. The summed E-state index contributed by atoms with van der Waals surface area (Å²) < 4.78 is 41.0. The number of hydrogen-bond donors (Lipinski definition) is 0. The van der Waals surface area contributed by atoms with Crippen molar-refractivity contribution in [3.8, 4) is 0 Å². The zero-order valence-electron chi connectivity index (χ0n) is 16.8. The zero-order chi connectivity index (χ0) is 20.6. The van der Waals surface area contributed by atoms with Crippen LogP contribution in [-0.4, -0.2) is 62.0 Å². The van der Waals surface area contributed by atoms with Crippen molar-refractivity contribution in [3.63, 3.8) is 0 Å². The second-order valence-electron chi connectivity index (χ2n) is 7.66. The summed E-state index contributed by atoms with van der Waals surface area (Å²) in [7, 11) is -3.72. The lowest BCUT2D eigenvalue weighted by molar-refractivity contribution is 0.383. The minimum atomic E-state index is -3.72. The molecule has 3 heterocycles. The smallest absolute Gasteiger partial charge is 0.243 e. The van der Waals surface area contributed by atoms with Crippen LogP contribution in [0.5, 0.6) is 0 Å². The van der Waals surface area contributed by atoms with Crippen LogP contribution in [0.3, 0.4) is 0 Å². The molecule has 29 heavy (non-hydrogen) atoms. The predicted octanol–water partition coefficient (Wildman–Crippen LogP) is 2.34. The topological polar surface area (TPSA) is 69.6 Å². The molecule has 2 aliphatic heterocycles. The fourth-order valence-corrected chi connectivity index (χ4v) is 5.56. The third-order valence-corrected chi connectivity index (χ3v) is 7.59. The van der Waals surface area contributed by atoms with Gasteiger partial charge >= 0.3 is 0 Å². The fourth-order valence-electron chi connectivity index (χ4n) is 3.91. The molecule has 1 aromatic carbocycles. The van der Waals surface area contributed by atoms with Crippen molar-refractivity contribution in [1.82, 2.24) is 14.3 Å². The Morgan fingerprint density at radius 3 is 2.28 bits per heavy atom. The van der Waals surface area contributed by atoms with Crippen molar-refractivity contribution in [2.75, 3.05) is 49.1 Å².